The summed E-state index contributed by atoms with van der Waals surface area (Å²) in [6, 6.07) is 1.11. The molecule has 0 amide bonds. The Kier molecular flexibility index (Phi) is 3.87. The fraction of sp³-hybridized carbons (Fsp3) is 0.571. The van der Waals surface area contributed by atoms with Crippen molar-refractivity contribution in [1.29, 1.82) is 0 Å². The van der Waals surface area contributed by atoms with E-state index in [1.165, 1.54) is 0 Å². The molecule has 106 valence electrons. The largest absolute Gasteiger partial charge is 0.329 e. The van der Waals surface area contributed by atoms with Crippen molar-refractivity contribution >= 4 is 0 Å². The molecular formula is C14H19F3N2. The lowest BCUT2D eigenvalue weighted by molar-refractivity contribution is 0.218. The molecular weight excluding hydrogens is 253 g/mol. The van der Waals surface area contributed by atoms with E-state index in [-0.39, 0.29) is 17.5 Å². The van der Waals surface area contributed by atoms with Gasteiger partial charge in [-0.05, 0) is 24.4 Å². The first-order chi connectivity index (χ1) is 8.84. The normalized spacial score (nSPS) is 20.7. The monoisotopic (exact) mass is 272 g/mol. The molecule has 0 bridgehead atoms. The van der Waals surface area contributed by atoms with Crippen LogP contribution in [0.25, 0.3) is 0 Å². The zero-order valence-corrected chi connectivity index (χ0v) is 11.2. The maximum absolute atomic E-state index is 13.8. The van der Waals surface area contributed by atoms with Crippen LogP contribution in [0.15, 0.2) is 12.1 Å². The van der Waals surface area contributed by atoms with Gasteiger partial charge >= 0.3 is 0 Å². The summed E-state index contributed by atoms with van der Waals surface area (Å²) in [5, 5.41) is 0. The molecule has 2 N–H and O–H groups in total. The fourth-order valence-corrected chi connectivity index (χ4v) is 2.69. The van der Waals surface area contributed by atoms with Crippen LogP contribution in [0.1, 0.15) is 31.9 Å². The van der Waals surface area contributed by atoms with E-state index >= 15 is 0 Å². The fourth-order valence-electron chi connectivity index (χ4n) is 2.69. The third kappa shape index (κ3) is 2.92. The van der Waals surface area contributed by atoms with Crippen LogP contribution in [0.3, 0.4) is 0 Å². The number of nitrogens with two attached hydrogens (primary N) is 1. The van der Waals surface area contributed by atoms with Gasteiger partial charge in [0.2, 0.25) is 0 Å². The van der Waals surface area contributed by atoms with Crippen LogP contribution < -0.4 is 5.73 Å². The van der Waals surface area contributed by atoms with Crippen LogP contribution >= 0.6 is 0 Å². The first-order valence-electron chi connectivity index (χ1n) is 6.42. The molecule has 0 spiro atoms. The molecule has 2 nitrogen and oxygen atoms in total. The van der Waals surface area contributed by atoms with Gasteiger partial charge in [-0.15, -0.1) is 0 Å². The average molecular weight is 272 g/mol. The molecule has 19 heavy (non-hydrogen) atoms. The molecule has 1 aromatic carbocycles. The number of hydrogen-bond acceptors (Lipinski definition) is 2. The Bertz CT molecular complexity index is 474. The zero-order chi connectivity index (χ0) is 14.2. The lowest BCUT2D eigenvalue weighted by Crippen LogP contribution is -2.34. The molecule has 1 atom stereocenters. The number of nitrogens with zero attached hydrogens (tertiary/aromatic N) is 1. The number of rotatable bonds is 3. The quantitative estimate of drug-likeness (QED) is 0.857. The lowest BCUT2D eigenvalue weighted by Gasteiger charge is -2.28. The summed E-state index contributed by atoms with van der Waals surface area (Å²) in [7, 11) is 0. The SMILES string of the molecule is CC1(C)CCN(C(CN)c2cc(F)c(F)cc2F)C1. The lowest BCUT2D eigenvalue weighted by atomic mass is 9.93. The average Bonchev–Trinajstić information content (AvgIpc) is 2.67. The molecule has 1 aliphatic heterocycles. The molecule has 0 saturated carbocycles. The molecule has 5 heteroatoms. The highest BCUT2D eigenvalue weighted by molar-refractivity contribution is 5.24. The standard InChI is InChI=1S/C14H19F3N2/c1-14(2)3-4-19(8-14)13(7-18)9-5-11(16)12(17)6-10(9)15/h5-6,13H,3-4,7-8,18H2,1-2H3. The van der Waals surface area contributed by atoms with Crippen molar-refractivity contribution in [2.45, 2.75) is 26.3 Å². The van der Waals surface area contributed by atoms with Gasteiger partial charge in [-0.1, -0.05) is 13.8 Å². The number of halogens is 3. The van der Waals surface area contributed by atoms with Gasteiger partial charge in [0.1, 0.15) is 5.82 Å². The highest BCUT2D eigenvalue weighted by atomic mass is 19.2. The van der Waals surface area contributed by atoms with Crippen LogP contribution in [0.5, 0.6) is 0 Å². The Morgan fingerprint density at radius 1 is 1.21 bits per heavy atom. The molecule has 0 aliphatic carbocycles. The van der Waals surface area contributed by atoms with Gasteiger partial charge in [0.05, 0.1) is 6.04 Å². The minimum atomic E-state index is -1.17. The summed E-state index contributed by atoms with van der Waals surface area (Å²) >= 11 is 0. The molecule has 0 radical (unpaired) electrons. The second-order valence-electron chi connectivity index (χ2n) is 5.92. The second kappa shape index (κ2) is 5.13. The molecule has 2 rings (SSSR count). The van der Waals surface area contributed by atoms with Gasteiger partial charge < -0.3 is 5.73 Å². The Labute approximate surface area is 111 Å². The van der Waals surface area contributed by atoms with Crippen molar-refractivity contribution in [2.24, 2.45) is 11.1 Å². The Morgan fingerprint density at radius 3 is 2.37 bits per heavy atom. The first kappa shape index (κ1) is 14.3. The van der Waals surface area contributed by atoms with Crippen molar-refractivity contribution in [3.63, 3.8) is 0 Å². The molecule has 1 fully saturated rings. The van der Waals surface area contributed by atoms with Crippen LogP contribution in [-0.2, 0) is 0 Å². The molecule has 1 aromatic rings. The van der Waals surface area contributed by atoms with E-state index in [9.17, 15) is 13.2 Å². The summed E-state index contributed by atoms with van der Waals surface area (Å²) in [6.07, 6.45) is 0.981. The minimum Gasteiger partial charge on any atom is -0.329 e. The van der Waals surface area contributed by atoms with E-state index in [1.54, 1.807) is 0 Å². The summed E-state index contributed by atoms with van der Waals surface area (Å²) in [4.78, 5) is 2.04. The maximum Gasteiger partial charge on any atom is 0.161 e. The summed E-state index contributed by atoms with van der Waals surface area (Å²) in [5.74, 6) is -2.94. The number of benzene rings is 1. The predicted octanol–water partition coefficient (Wildman–Crippen LogP) is 2.84. The van der Waals surface area contributed by atoms with Crippen molar-refractivity contribution in [1.82, 2.24) is 4.90 Å². The molecule has 0 aromatic heterocycles. The van der Waals surface area contributed by atoms with Gasteiger partial charge in [0, 0.05) is 24.7 Å². The van der Waals surface area contributed by atoms with Crippen molar-refractivity contribution in [2.75, 3.05) is 19.6 Å². The highest BCUT2D eigenvalue weighted by Crippen LogP contribution is 2.35. The number of hydrogen-bond donors (Lipinski definition) is 1. The Hall–Kier alpha value is -1.07. The topological polar surface area (TPSA) is 29.3 Å². The van der Waals surface area contributed by atoms with Crippen molar-refractivity contribution < 1.29 is 13.2 Å². The van der Waals surface area contributed by atoms with Crippen molar-refractivity contribution in [3.05, 3.63) is 35.1 Å². The van der Waals surface area contributed by atoms with Gasteiger partial charge in [0.25, 0.3) is 0 Å². The van der Waals surface area contributed by atoms with E-state index in [4.69, 9.17) is 5.73 Å². The summed E-state index contributed by atoms with van der Waals surface area (Å²) in [5.41, 5.74) is 5.99. The van der Waals surface area contributed by atoms with E-state index in [1.807, 2.05) is 4.90 Å². The van der Waals surface area contributed by atoms with Crippen molar-refractivity contribution in [3.8, 4) is 0 Å². The predicted molar refractivity (Wildman–Crippen MR) is 68.1 cm³/mol. The Morgan fingerprint density at radius 2 is 1.84 bits per heavy atom. The summed E-state index contributed by atoms with van der Waals surface area (Å²) < 4.78 is 40.1. The highest BCUT2D eigenvalue weighted by Gasteiger charge is 2.34. The van der Waals surface area contributed by atoms with E-state index in [2.05, 4.69) is 13.8 Å². The zero-order valence-electron chi connectivity index (χ0n) is 11.2. The van der Waals surface area contributed by atoms with Gasteiger partial charge in [-0.3, -0.25) is 4.90 Å². The van der Waals surface area contributed by atoms with Gasteiger partial charge in [-0.2, -0.15) is 0 Å². The van der Waals surface area contributed by atoms with Gasteiger partial charge in [0.15, 0.2) is 11.6 Å². The van der Waals surface area contributed by atoms with E-state index in [0.717, 1.165) is 25.6 Å². The Balaban J connectivity index is 2.30. The van der Waals surface area contributed by atoms with Crippen LogP contribution in [-0.4, -0.2) is 24.5 Å². The smallest absolute Gasteiger partial charge is 0.161 e. The first-order valence-corrected chi connectivity index (χ1v) is 6.42. The van der Waals surface area contributed by atoms with Crippen LogP contribution in [0, 0.1) is 22.9 Å². The van der Waals surface area contributed by atoms with Gasteiger partial charge in [-0.25, -0.2) is 13.2 Å². The third-order valence-electron chi connectivity index (χ3n) is 3.77. The van der Waals surface area contributed by atoms with E-state index in [0.29, 0.717) is 6.07 Å². The molecule has 1 heterocycles. The maximum atomic E-state index is 13.8. The third-order valence-corrected chi connectivity index (χ3v) is 3.77. The number of likely N-dealkylation sites (tertiary alicyclic amines) is 1. The second-order valence-corrected chi connectivity index (χ2v) is 5.92. The van der Waals surface area contributed by atoms with E-state index < -0.39 is 23.5 Å². The molecule has 1 aliphatic rings. The summed E-state index contributed by atoms with van der Waals surface area (Å²) in [6.45, 7) is 5.99. The minimum absolute atomic E-state index is 0.138. The molecule has 1 saturated heterocycles. The van der Waals surface area contributed by atoms with Crippen LogP contribution in [0.4, 0.5) is 13.2 Å². The molecule has 1 unspecified atom stereocenters. The van der Waals surface area contributed by atoms with Crippen LogP contribution in [0.2, 0.25) is 0 Å².